The first-order valence-electron chi connectivity index (χ1n) is 7.48. The van der Waals surface area contributed by atoms with Crippen LogP contribution in [0.4, 0.5) is 5.69 Å². The zero-order valence-corrected chi connectivity index (χ0v) is 12.8. The van der Waals surface area contributed by atoms with Crippen LogP contribution < -0.4 is 5.32 Å². The fraction of sp³-hybridized carbons (Fsp3) is 0.222. The Balaban J connectivity index is 1.83. The molecule has 0 aliphatic carbocycles. The van der Waals surface area contributed by atoms with Gasteiger partial charge >= 0.3 is 0 Å². The van der Waals surface area contributed by atoms with Gasteiger partial charge in [-0.2, -0.15) is 0 Å². The lowest BCUT2D eigenvalue weighted by atomic mass is 10.1. The molecule has 3 rings (SSSR count). The number of nitrogens with zero attached hydrogens (tertiary/aromatic N) is 2. The summed E-state index contributed by atoms with van der Waals surface area (Å²) in [6, 6.07) is 15.8. The topological polar surface area (TPSA) is 46.9 Å². The molecule has 0 radical (unpaired) electrons. The summed E-state index contributed by atoms with van der Waals surface area (Å²) >= 11 is 0. The van der Waals surface area contributed by atoms with Gasteiger partial charge in [-0.15, -0.1) is 0 Å². The average Bonchev–Trinajstić information content (AvgIpc) is 2.84. The highest BCUT2D eigenvalue weighted by molar-refractivity contribution is 5.92. The Morgan fingerprint density at radius 3 is 2.68 bits per heavy atom. The Labute approximate surface area is 129 Å². The second-order valence-corrected chi connectivity index (χ2v) is 5.29. The normalized spacial score (nSPS) is 10.8. The Kier molecular flexibility index (Phi) is 3.92. The van der Waals surface area contributed by atoms with Gasteiger partial charge in [-0.1, -0.05) is 37.3 Å². The van der Waals surface area contributed by atoms with E-state index in [4.69, 9.17) is 0 Å². The van der Waals surface area contributed by atoms with Crippen molar-refractivity contribution in [3.05, 3.63) is 59.9 Å². The molecule has 2 aromatic carbocycles. The lowest BCUT2D eigenvalue weighted by Gasteiger charge is -2.11. The number of aryl methyl sites for hydroxylation is 2. The van der Waals surface area contributed by atoms with Gasteiger partial charge in [0.15, 0.2) is 0 Å². The molecule has 1 aromatic heterocycles. The zero-order chi connectivity index (χ0) is 15.5. The van der Waals surface area contributed by atoms with E-state index < -0.39 is 0 Å². The molecule has 0 bridgehead atoms. The van der Waals surface area contributed by atoms with Crippen molar-refractivity contribution >= 4 is 22.6 Å². The molecule has 0 saturated heterocycles. The monoisotopic (exact) mass is 293 g/mol. The number of aromatic nitrogens is 2. The summed E-state index contributed by atoms with van der Waals surface area (Å²) in [5, 5.41) is 3.00. The van der Waals surface area contributed by atoms with Crippen molar-refractivity contribution in [2.75, 3.05) is 5.32 Å². The first-order valence-corrected chi connectivity index (χ1v) is 7.48. The second kappa shape index (κ2) is 6.02. The van der Waals surface area contributed by atoms with Crippen LogP contribution in [0.1, 0.15) is 18.3 Å². The van der Waals surface area contributed by atoms with Crippen LogP contribution in [0.3, 0.4) is 0 Å². The summed E-state index contributed by atoms with van der Waals surface area (Å²) in [7, 11) is 0. The summed E-state index contributed by atoms with van der Waals surface area (Å²) in [6.07, 6.45) is 0.892. The van der Waals surface area contributed by atoms with Gasteiger partial charge < -0.3 is 9.88 Å². The van der Waals surface area contributed by atoms with Gasteiger partial charge in [0.1, 0.15) is 12.4 Å². The predicted molar refractivity (Wildman–Crippen MR) is 88.9 cm³/mol. The number of hydrogen-bond acceptors (Lipinski definition) is 2. The molecule has 0 unspecified atom stereocenters. The van der Waals surface area contributed by atoms with E-state index in [0.717, 1.165) is 34.5 Å². The third-order valence-corrected chi connectivity index (χ3v) is 3.82. The van der Waals surface area contributed by atoms with Crippen molar-refractivity contribution in [2.45, 2.75) is 26.8 Å². The van der Waals surface area contributed by atoms with E-state index in [0.29, 0.717) is 0 Å². The summed E-state index contributed by atoms with van der Waals surface area (Å²) in [5.74, 6) is 0.812. The molecule has 4 nitrogen and oxygen atoms in total. The molecular weight excluding hydrogens is 274 g/mol. The summed E-state index contributed by atoms with van der Waals surface area (Å²) in [4.78, 5) is 16.9. The standard InChI is InChI=1S/C18H19N3O/c1-3-14-8-4-5-9-15(14)20-18(22)12-21-13(2)19-16-10-6-7-11-17(16)21/h4-11H,3,12H2,1-2H3,(H,20,22). The van der Waals surface area contributed by atoms with Crippen molar-refractivity contribution in [1.82, 2.24) is 9.55 Å². The van der Waals surface area contributed by atoms with Crippen molar-refractivity contribution < 1.29 is 4.79 Å². The maximum Gasteiger partial charge on any atom is 0.244 e. The number of anilines is 1. The molecule has 0 aliphatic rings. The summed E-state index contributed by atoms with van der Waals surface area (Å²) in [6.45, 7) is 4.27. The van der Waals surface area contributed by atoms with Crippen molar-refractivity contribution in [3.8, 4) is 0 Å². The minimum absolute atomic E-state index is 0.0350. The third-order valence-electron chi connectivity index (χ3n) is 3.82. The van der Waals surface area contributed by atoms with E-state index in [1.807, 2.05) is 60.0 Å². The lowest BCUT2D eigenvalue weighted by Crippen LogP contribution is -2.20. The SMILES string of the molecule is CCc1ccccc1NC(=O)Cn1c(C)nc2ccccc21. The smallest absolute Gasteiger partial charge is 0.244 e. The number of fused-ring (bicyclic) bond motifs is 1. The number of rotatable bonds is 4. The molecule has 4 heteroatoms. The number of imidazole rings is 1. The van der Waals surface area contributed by atoms with E-state index in [-0.39, 0.29) is 12.5 Å². The molecule has 0 aliphatic heterocycles. The van der Waals surface area contributed by atoms with Crippen LogP contribution in [0, 0.1) is 6.92 Å². The Hall–Kier alpha value is -2.62. The number of benzene rings is 2. The fourth-order valence-electron chi connectivity index (χ4n) is 2.68. The van der Waals surface area contributed by atoms with Gasteiger partial charge in [0.25, 0.3) is 0 Å². The van der Waals surface area contributed by atoms with E-state index in [1.165, 1.54) is 0 Å². The minimum atomic E-state index is -0.0350. The largest absolute Gasteiger partial charge is 0.324 e. The van der Waals surface area contributed by atoms with E-state index in [2.05, 4.69) is 17.2 Å². The maximum atomic E-state index is 12.4. The highest BCUT2D eigenvalue weighted by Gasteiger charge is 2.11. The predicted octanol–water partition coefficient (Wildman–Crippen LogP) is 3.55. The van der Waals surface area contributed by atoms with Gasteiger partial charge in [-0.25, -0.2) is 4.98 Å². The van der Waals surface area contributed by atoms with Gasteiger partial charge in [-0.05, 0) is 37.1 Å². The first kappa shape index (κ1) is 14.3. The molecule has 0 spiro atoms. The van der Waals surface area contributed by atoms with Crippen LogP contribution >= 0.6 is 0 Å². The highest BCUT2D eigenvalue weighted by atomic mass is 16.1. The zero-order valence-electron chi connectivity index (χ0n) is 12.8. The van der Waals surface area contributed by atoms with Crippen LogP contribution in [0.5, 0.6) is 0 Å². The Morgan fingerprint density at radius 2 is 1.86 bits per heavy atom. The lowest BCUT2D eigenvalue weighted by molar-refractivity contribution is -0.116. The van der Waals surface area contributed by atoms with Crippen LogP contribution in [-0.2, 0) is 17.8 Å². The van der Waals surface area contributed by atoms with Crippen LogP contribution in [0.2, 0.25) is 0 Å². The van der Waals surface area contributed by atoms with E-state index >= 15 is 0 Å². The molecule has 0 fully saturated rings. The van der Waals surface area contributed by atoms with Crippen molar-refractivity contribution in [3.63, 3.8) is 0 Å². The average molecular weight is 293 g/mol. The number of carbonyl (C=O) groups excluding carboxylic acids is 1. The number of para-hydroxylation sites is 3. The van der Waals surface area contributed by atoms with Gasteiger partial charge in [-0.3, -0.25) is 4.79 Å². The molecule has 22 heavy (non-hydrogen) atoms. The first-order chi connectivity index (χ1) is 10.7. The number of carbonyl (C=O) groups is 1. The van der Waals surface area contributed by atoms with E-state index in [1.54, 1.807) is 0 Å². The van der Waals surface area contributed by atoms with Crippen molar-refractivity contribution in [2.24, 2.45) is 0 Å². The molecule has 0 saturated carbocycles. The van der Waals surface area contributed by atoms with Crippen LogP contribution in [0.25, 0.3) is 11.0 Å². The Morgan fingerprint density at radius 1 is 1.14 bits per heavy atom. The summed E-state index contributed by atoms with van der Waals surface area (Å²) < 4.78 is 1.94. The molecular formula is C18H19N3O. The second-order valence-electron chi connectivity index (χ2n) is 5.29. The quantitative estimate of drug-likeness (QED) is 0.799. The van der Waals surface area contributed by atoms with Crippen LogP contribution in [0.15, 0.2) is 48.5 Å². The molecule has 1 amide bonds. The number of amides is 1. The molecule has 0 atom stereocenters. The highest BCUT2D eigenvalue weighted by Crippen LogP contribution is 2.17. The van der Waals surface area contributed by atoms with Crippen LogP contribution in [-0.4, -0.2) is 15.5 Å². The molecule has 1 N–H and O–H groups in total. The third kappa shape index (κ3) is 2.72. The maximum absolute atomic E-state index is 12.4. The van der Waals surface area contributed by atoms with Gasteiger partial charge in [0.2, 0.25) is 5.91 Å². The fourth-order valence-corrected chi connectivity index (χ4v) is 2.68. The summed E-state index contributed by atoms with van der Waals surface area (Å²) in [5.41, 5.74) is 3.93. The number of nitrogens with one attached hydrogen (secondary N) is 1. The van der Waals surface area contributed by atoms with Gasteiger partial charge in [0.05, 0.1) is 11.0 Å². The molecule has 3 aromatic rings. The minimum Gasteiger partial charge on any atom is -0.324 e. The molecule has 112 valence electrons. The van der Waals surface area contributed by atoms with E-state index in [9.17, 15) is 4.79 Å². The Bertz CT molecular complexity index is 820. The number of hydrogen-bond donors (Lipinski definition) is 1. The van der Waals surface area contributed by atoms with Crippen molar-refractivity contribution in [1.29, 1.82) is 0 Å². The molecule has 1 heterocycles. The van der Waals surface area contributed by atoms with Gasteiger partial charge in [0, 0.05) is 5.69 Å².